The molecule has 3 aromatic heterocycles. The van der Waals surface area contributed by atoms with Crippen LogP contribution < -0.4 is 4.74 Å². The minimum atomic E-state index is -0.623. The van der Waals surface area contributed by atoms with Crippen LogP contribution in [0.3, 0.4) is 0 Å². The van der Waals surface area contributed by atoms with Crippen molar-refractivity contribution in [2.45, 2.75) is 6.61 Å². The summed E-state index contributed by atoms with van der Waals surface area (Å²) in [6.45, 7) is -0.0163. The van der Waals surface area contributed by atoms with Crippen LogP contribution in [0.5, 0.6) is 5.75 Å². The molecule has 5 aromatic rings. The monoisotopic (exact) mass is 485 g/mol. The summed E-state index contributed by atoms with van der Waals surface area (Å²) in [5, 5.41) is 14.5. The number of nitrogens with zero attached hydrogens (tertiary/aromatic N) is 5. The van der Waals surface area contributed by atoms with E-state index in [1.54, 1.807) is 19.2 Å². The van der Waals surface area contributed by atoms with Gasteiger partial charge in [0.15, 0.2) is 11.5 Å². The lowest BCUT2D eigenvalue weighted by atomic mass is 10.2. The van der Waals surface area contributed by atoms with Crippen molar-refractivity contribution in [2.24, 2.45) is 0 Å². The molecule has 0 saturated carbocycles. The van der Waals surface area contributed by atoms with E-state index in [9.17, 15) is 4.79 Å². The van der Waals surface area contributed by atoms with Crippen LogP contribution in [-0.2, 0) is 16.1 Å². The number of benzene rings is 2. The molecule has 174 valence electrons. The van der Waals surface area contributed by atoms with Crippen molar-refractivity contribution in [3.05, 3.63) is 89.8 Å². The molecule has 10 heteroatoms. The van der Waals surface area contributed by atoms with Crippen LogP contribution in [0, 0.1) is 0 Å². The molecule has 0 aliphatic rings. The van der Waals surface area contributed by atoms with E-state index in [1.807, 2.05) is 60.0 Å². The molecule has 35 heavy (non-hydrogen) atoms. The number of hydrogen-bond donors (Lipinski definition) is 0. The zero-order valence-electron chi connectivity index (χ0n) is 18.6. The summed E-state index contributed by atoms with van der Waals surface area (Å²) in [4.78, 5) is 17.8. The number of furan rings is 1. The van der Waals surface area contributed by atoms with Crippen LogP contribution in [0.15, 0.2) is 82.8 Å². The Kier molecular flexibility index (Phi) is 6.44. The molecule has 2 aromatic carbocycles. The van der Waals surface area contributed by atoms with Gasteiger partial charge in [-0.15, -0.1) is 16.4 Å². The van der Waals surface area contributed by atoms with Crippen LogP contribution in [0.4, 0.5) is 0 Å². The van der Waals surface area contributed by atoms with Crippen molar-refractivity contribution in [1.29, 1.82) is 0 Å². The Hall–Kier alpha value is -4.57. The number of rotatable bonds is 8. The number of methoxy groups -OCH3 is 1. The van der Waals surface area contributed by atoms with E-state index in [0.29, 0.717) is 17.3 Å². The number of hydrogen-bond acceptors (Lipinski definition) is 9. The predicted octanol–water partition coefficient (Wildman–Crippen LogP) is 4.81. The molecule has 0 unspecified atom stereocenters. The number of ether oxygens (including phenoxy) is 2. The van der Waals surface area contributed by atoms with E-state index in [4.69, 9.17) is 13.9 Å². The molecular weight excluding hydrogens is 466 g/mol. The topological polar surface area (TPSA) is 105 Å². The van der Waals surface area contributed by atoms with Crippen molar-refractivity contribution in [3.63, 3.8) is 0 Å². The third-order valence-electron chi connectivity index (χ3n) is 4.98. The number of thiazole rings is 1. The second-order valence-corrected chi connectivity index (χ2v) is 8.14. The Morgan fingerprint density at radius 1 is 1.09 bits per heavy atom. The minimum Gasteiger partial charge on any atom is -0.497 e. The van der Waals surface area contributed by atoms with Gasteiger partial charge in [-0.25, -0.2) is 9.78 Å². The highest BCUT2D eigenvalue weighted by molar-refractivity contribution is 7.13. The molecule has 0 atom stereocenters. The highest BCUT2D eigenvalue weighted by atomic mass is 32.1. The largest absolute Gasteiger partial charge is 0.497 e. The number of tetrazole rings is 1. The number of carbonyl (C=O) groups excluding carboxylic acids is 1. The van der Waals surface area contributed by atoms with Gasteiger partial charge in [0.05, 0.1) is 19.1 Å². The molecule has 0 amide bonds. The quantitative estimate of drug-likeness (QED) is 0.228. The fraction of sp³-hybridized carbons (Fsp3) is 0.0800. The van der Waals surface area contributed by atoms with Gasteiger partial charge in [0.25, 0.3) is 0 Å². The molecule has 0 radical (unpaired) electrons. The average Bonchev–Trinajstić information content (AvgIpc) is 3.68. The van der Waals surface area contributed by atoms with E-state index in [-0.39, 0.29) is 12.3 Å². The smallest absolute Gasteiger partial charge is 0.357 e. The molecule has 0 spiro atoms. The standard InChI is InChI=1S/C25H19N5O4S/c1-32-20-10-5-9-18(13-20)24-26-19(16-35-24)15-34-25(31)22(14-21-11-6-12-33-21)30-23(27-28-29-30)17-7-3-2-4-8-17/h2-14,16H,15H2,1H3/b22-14-. The van der Waals surface area contributed by atoms with Crippen LogP contribution in [-0.4, -0.2) is 38.3 Å². The van der Waals surface area contributed by atoms with E-state index in [2.05, 4.69) is 20.5 Å². The zero-order chi connectivity index (χ0) is 24.0. The second-order valence-electron chi connectivity index (χ2n) is 7.28. The average molecular weight is 486 g/mol. The van der Waals surface area contributed by atoms with Crippen LogP contribution in [0.2, 0.25) is 0 Å². The molecule has 3 heterocycles. The van der Waals surface area contributed by atoms with E-state index < -0.39 is 5.97 Å². The number of carbonyl (C=O) groups is 1. The fourth-order valence-electron chi connectivity index (χ4n) is 3.31. The zero-order valence-corrected chi connectivity index (χ0v) is 19.4. The number of esters is 1. The van der Waals surface area contributed by atoms with Crippen molar-refractivity contribution in [2.75, 3.05) is 7.11 Å². The maximum Gasteiger partial charge on any atom is 0.357 e. The lowest BCUT2D eigenvalue weighted by molar-refractivity contribution is -0.138. The van der Waals surface area contributed by atoms with Gasteiger partial charge in [0.2, 0.25) is 0 Å². The molecule has 0 bridgehead atoms. The highest BCUT2D eigenvalue weighted by Gasteiger charge is 2.21. The molecule has 0 saturated heterocycles. The Morgan fingerprint density at radius 2 is 1.94 bits per heavy atom. The summed E-state index contributed by atoms with van der Waals surface area (Å²) >= 11 is 1.46. The van der Waals surface area contributed by atoms with E-state index in [0.717, 1.165) is 21.9 Å². The van der Waals surface area contributed by atoms with Gasteiger partial charge in [0, 0.05) is 22.6 Å². The van der Waals surface area contributed by atoms with Crippen LogP contribution in [0.1, 0.15) is 11.5 Å². The first-order valence-corrected chi connectivity index (χ1v) is 11.4. The van der Waals surface area contributed by atoms with Crippen molar-refractivity contribution >= 4 is 29.1 Å². The Labute approximate surface area is 204 Å². The summed E-state index contributed by atoms with van der Waals surface area (Å²) in [7, 11) is 1.62. The summed E-state index contributed by atoms with van der Waals surface area (Å²) < 4.78 is 17.6. The van der Waals surface area contributed by atoms with Gasteiger partial charge in [-0.2, -0.15) is 4.68 Å². The Bertz CT molecular complexity index is 1460. The van der Waals surface area contributed by atoms with E-state index >= 15 is 0 Å². The lowest BCUT2D eigenvalue weighted by Gasteiger charge is -2.09. The van der Waals surface area contributed by atoms with Crippen molar-refractivity contribution < 1.29 is 18.7 Å². The van der Waals surface area contributed by atoms with Crippen LogP contribution in [0.25, 0.3) is 33.7 Å². The second kappa shape index (κ2) is 10.1. The fourth-order valence-corrected chi connectivity index (χ4v) is 4.11. The lowest BCUT2D eigenvalue weighted by Crippen LogP contribution is -2.15. The SMILES string of the molecule is COc1cccc(-c2nc(COC(=O)/C(=C/c3ccco3)n3nnnc3-c3ccccc3)cs2)c1. The highest BCUT2D eigenvalue weighted by Crippen LogP contribution is 2.27. The van der Waals surface area contributed by atoms with Gasteiger partial charge in [-0.1, -0.05) is 42.5 Å². The first-order valence-electron chi connectivity index (χ1n) is 10.6. The molecular formula is C25H19N5O4S. The van der Waals surface area contributed by atoms with Gasteiger partial charge in [0.1, 0.15) is 23.1 Å². The first-order chi connectivity index (χ1) is 17.2. The summed E-state index contributed by atoms with van der Waals surface area (Å²) in [6, 6.07) is 20.4. The molecule has 9 nitrogen and oxygen atoms in total. The van der Waals surface area contributed by atoms with Gasteiger partial charge in [-0.05, 0) is 34.7 Å². The Morgan fingerprint density at radius 3 is 2.74 bits per heavy atom. The normalized spacial score (nSPS) is 11.4. The Balaban J connectivity index is 1.39. The van der Waals surface area contributed by atoms with Gasteiger partial charge >= 0.3 is 5.97 Å². The minimum absolute atomic E-state index is 0.0163. The van der Waals surface area contributed by atoms with Crippen LogP contribution >= 0.6 is 11.3 Å². The first kappa shape index (κ1) is 22.2. The van der Waals surface area contributed by atoms with Crippen molar-refractivity contribution in [3.8, 4) is 27.7 Å². The van der Waals surface area contributed by atoms with Gasteiger partial charge in [-0.3, -0.25) is 0 Å². The third-order valence-corrected chi connectivity index (χ3v) is 5.92. The molecule has 5 rings (SSSR count). The summed E-state index contributed by atoms with van der Waals surface area (Å²) in [6.07, 6.45) is 3.05. The third kappa shape index (κ3) is 5.02. The van der Waals surface area contributed by atoms with Crippen molar-refractivity contribution in [1.82, 2.24) is 25.2 Å². The maximum absolute atomic E-state index is 13.2. The van der Waals surface area contributed by atoms with Gasteiger partial charge < -0.3 is 13.9 Å². The molecule has 0 aliphatic carbocycles. The molecule has 0 N–H and O–H groups in total. The number of aromatic nitrogens is 5. The summed E-state index contributed by atoms with van der Waals surface area (Å²) in [5.41, 5.74) is 2.40. The predicted molar refractivity (Wildman–Crippen MR) is 130 cm³/mol. The van der Waals surface area contributed by atoms with E-state index in [1.165, 1.54) is 28.4 Å². The maximum atomic E-state index is 13.2. The molecule has 0 fully saturated rings. The summed E-state index contributed by atoms with van der Waals surface area (Å²) in [5.74, 6) is 0.977. The molecule has 0 aliphatic heterocycles.